The number of hydrogen-bond donors (Lipinski definition) is 2. The first-order chi connectivity index (χ1) is 9.89. The zero-order chi connectivity index (χ0) is 15.5. The molecule has 1 aromatic rings. The monoisotopic (exact) mass is 311 g/mol. The number of nitrogens with zero attached hydrogens (tertiary/aromatic N) is 3. The van der Waals surface area contributed by atoms with Gasteiger partial charge in [-0.2, -0.15) is 0 Å². The SMILES string of the molecule is CC(C)Cc1nnc(NC(=O)C(C)(C)N2CCNCC2)s1. The minimum atomic E-state index is -0.536. The predicted molar refractivity (Wildman–Crippen MR) is 85.6 cm³/mol. The van der Waals surface area contributed by atoms with E-state index in [0.717, 1.165) is 37.6 Å². The maximum Gasteiger partial charge on any atom is 0.246 e. The summed E-state index contributed by atoms with van der Waals surface area (Å²) in [6.07, 6.45) is 0.898. The Morgan fingerprint density at radius 2 is 2.05 bits per heavy atom. The molecule has 0 saturated carbocycles. The number of rotatable bonds is 5. The molecule has 0 bridgehead atoms. The maximum atomic E-state index is 12.5. The van der Waals surface area contributed by atoms with Gasteiger partial charge in [0.25, 0.3) is 0 Å². The van der Waals surface area contributed by atoms with E-state index in [0.29, 0.717) is 11.0 Å². The van der Waals surface area contributed by atoms with Gasteiger partial charge in [0.1, 0.15) is 5.01 Å². The van der Waals surface area contributed by atoms with Crippen LogP contribution < -0.4 is 10.6 Å². The molecule has 0 unspecified atom stereocenters. The summed E-state index contributed by atoms with van der Waals surface area (Å²) in [5.41, 5.74) is -0.536. The third-order valence-electron chi connectivity index (χ3n) is 3.73. The first-order valence-electron chi connectivity index (χ1n) is 7.49. The van der Waals surface area contributed by atoms with E-state index in [1.807, 2.05) is 13.8 Å². The minimum absolute atomic E-state index is 0.0170. The average Bonchev–Trinajstić information content (AvgIpc) is 2.86. The van der Waals surface area contributed by atoms with Crippen molar-refractivity contribution in [2.45, 2.75) is 39.7 Å². The van der Waals surface area contributed by atoms with E-state index in [9.17, 15) is 4.79 Å². The molecule has 21 heavy (non-hydrogen) atoms. The van der Waals surface area contributed by atoms with Crippen LogP contribution in [0.5, 0.6) is 0 Å². The largest absolute Gasteiger partial charge is 0.314 e. The lowest BCUT2D eigenvalue weighted by molar-refractivity contribution is -0.126. The molecule has 1 aliphatic rings. The van der Waals surface area contributed by atoms with E-state index in [2.05, 4.69) is 39.6 Å². The van der Waals surface area contributed by atoms with Gasteiger partial charge in [-0.3, -0.25) is 15.0 Å². The fraction of sp³-hybridized carbons (Fsp3) is 0.786. The highest BCUT2D eigenvalue weighted by Crippen LogP contribution is 2.22. The van der Waals surface area contributed by atoms with Crippen LogP contribution >= 0.6 is 11.3 Å². The number of anilines is 1. The molecule has 2 N–H and O–H groups in total. The Bertz CT molecular complexity index is 479. The Kier molecular flexibility index (Phi) is 5.29. The molecule has 0 aromatic carbocycles. The Balaban J connectivity index is 1.97. The number of carbonyl (C=O) groups is 1. The topological polar surface area (TPSA) is 70.2 Å². The van der Waals surface area contributed by atoms with Crippen molar-refractivity contribution in [3.8, 4) is 0 Å². The fourth-order valence-electron chi connectivity index (χ4n) is 2.35. The third-order valence-corrected chi connectivity index (χ3v) is 4.59. The van der Waals surface area contributed by atoms with Gasteiger partial charge in [-0.25, -0.2) is 0 Å². The van der Waals surface area contributed by atoms with Gasteiger partial charge in [0.2, 0.25) is 11.0 Å². The number of aromatic nitrogens is 2. The van der Waals surface area contributed by atoms with Crippen LogP contribution in [0.1, 0.15) is 32.7 Å². The predicted octanol–water partition coefficient (Wildman–Crippen LogP) is 1.36. The van der Waals surface area contributed by atoms with Gasteiger partial charge in [0.15, 0.2) is 0 Å². The number of piperazine rings is 1. The molecular formula is C14H25N5OS. The molecule has 1 aliphatic heterocycles. The highest BCUT2D eigenvalue weighted by molar-refractivity contribution is 7.15. The van der Waals surface area contributed by atoms with E-state index in [-0.39, 0.29) is 5.91 Å². The minimum Gasteiger partial charge on any atom is -0.314 e. The number of carbonyl (C=O) groups excluding carboxylic acids is 1. The van der Waals surface area contributed by atoms with Crippen LogP contribution in [0.2, 0.25) is 0 Å². The number of amides is 1. The van der Waals surface area contributed by atoms with Crippen LogP contribution in [0, 0.1) is 5.92 Å². The summed E-state index contributed by atoms with van der Waals surface area (Å²) in [5, 5.41) is 16.0. The first kappa shape index (κ1) is 16.3. The molecule has 1 amide bonds. The molecule has 7 heteroatoms. The van der Waals surface area contributed by atoms with Crippen LogP contribution in [-0.4, -0.2) is 52.7 Å². The van der Waals surface area contributed by atoms with E-state index >= 15 is 0 Å². The lowest BCUT2D eigenvalue weighted by atomic mass is 10.0. The molecule has 1 saturated heterocycles. The second kappa shape index (κ2) is 6.81. The summed E-state index contributed by atoms with van der Waals surface area (Å²) in [6, 6.07) is 0. The van der Waals surface area contributed by atoms with Crippen LogP contribution in [0.15, 0.2) is 0 Å². The summed E-state index contributed by atoms with van der Waals surface area (Å²) in [5.74, 6) is 0.524. The highest BCUT2D eigenvalue weighted by atomic mass is 32.1. The molecule has 0 radical (unpaired) electrons. The second-order valence-electron chi connectivity index (χ2n) is 6.35. The van der Waals surface area contributed by atoms with Gasteiger partial charge < -0.3 is 5.32 Å². The van der Waals surface area contributed by atoms with E-state index in [1.165, 1.54) is 11.3 Å². The molecule has 118 valence electrons. The molecule has 0 spiro atoms. The maximum absolute atomic E-state index is 12.5. The van der Waals surface area contributed by atoms with E-state index in [1.54, 1.807) is 0 Å². The lowest BCUT2D eigenvalue weighted by Crippen LogP contribution is -2.58. The summed E-state index contributed by atoms with van der Waals surface area (Å²) in [6.45, 7) is 11.8. The smallest absolute Gasteiger partial charge is 0.246 e. The molecule has 1 fully saturated rings. The average molecular weight is 311 g/mol. The highest BCUT2D eigenvalue weighted by Gasteiger charge is 2.35. The van der Waals surface area contributed by atoms with Gasteiger partial charge in [0.05, 0.1) is 5.54 Å². The van der Waals surface area contributed by atoms with Gasteiger partial charge in [-0.1, -0.05) is 25.2 Å². The zero-order valence-corrected chi connectivity index (χ0v) is 14.1. The van der Waals surface area contributed by atoms with E-state index in [4.69, 9.17) is 0 Å². The van der Waals surface area contributed by atoms with Crippen molar-refractivity contribution < 1.29 is 4.79 Å². The van der Waals surface area contributed by atoms with Crippen LogP contribution in [-0.2, 0) is 11.2 Å². The summed E-state index contributed by atoms with van der Waals surface area (Å²) >= 11 is 1.47. The Morgan fingerprint density at radius 1 is 1.38 bits per heavy atom. The van der Waals surface area contributed by atoms with Crippen LogP contribution in [0.25, 0.3) is 0 Å². The van der Waals surface area contributed by atoms with Crippen LogP contribution in [0.3, 0.4) is 0 Å². The number of nitrogens with one attached hydrogen (secondary N) is 2. The molecule has 2 heterocycles. The fourth-order valence-corrected chi connectivity index (χ4v) is 3.30. The lowest BCUT2D eigenvalue weighted by Gasteiger charge is -2.39. The van der Waals surface area contributed by atoms with Crippen molar-refractivity contribution in [1.82, 2.24) is 20.4 Å². The van der Waals surface area contributed by atoms with Crippen molar-refractivity contribution >= 4 is 22.4 Å². The van der Waals surface area contributed by atoms with E-state index < -0.39 is 5.54 Å². The van der Waals surface area contributed by atoms with Gasteiger partial charge >= 0.3 is 0 Å². The Hall–Kier alpha value is -1.05. The zero-order valence-electron chi connectivity index (χ0n) is 13.3. The molecule has 2 rings (SSSR count). The molecule has 6 nitrogen and oxygen atoms in total. The van der Waals surface area contributed by atoms with Gasteiger partial charge in [-0.15, -0.1) is 10.2 Å². The Labute approximate surface area is 130 Å². The van der Waals surface area contributed by atoms with Gasteiger partial charge in [-0.05, 0) is 19.8 Å². The molecule has 0 aliphatic carbocycles. The molecule has 0 atom stereocenters. The standard InChI is InChI=1S/C14H25N5OS/c1-10(2)9-11-17-18-13(21-11)16-12(20)14(3,4)19-7-5-15-6-8-19/h10,15H,5-9H2,1-4H3,(H,16,18,20). The Morgan fingerprint density at radius 3 is 2.67 bits per heavy atom. The summed E-state index contributed by atoms with van der Waals surface area (Å²) < 4.78 is 0. The molecular weight excluding hydrogens is 286 g/mol. The quantitative estimate of drug-likeness (QED) is 0.859. The van der Waals surface area contributed by atoms with Crippen molar-refractivity contribution in [2.75, 3.05) is 31.5 Å². The molecule has 1 aromatic heterocycles. The summed E-state index contributed by atoms with van der Waals surface area (Å²) in [7, 11) is 0. The number of hydrogen-bond acceptors (Lipinski definition) is 6. The van der Waals surface area contributed by atoms with Crippen molar-refractivity contribution in [2.24, 2.45) is 5.92 Å². The van der Waals surface area contributed by atoms with Crippen LogP contribution in [0.4, 0.5) is 5.13 Å². The van der Waals surface area contributed by atoms with Gasteiger partial charge in [0, 0.05) is 32.6 Å². The summed E-state index contributed by atoms with van der Waals surface area (Å²) in [4.78, 5) is 14.7. The normalized spacial score (nSPS) is 17.2. The first-order valence-corrected chi connectivity index (χ1v) is 8.31. The van der Waals surface area contributed by atoms with Crippen molar-refractivity contribution in [3.63, 3.8) is 0 Å². The second-order valence-corrected chi connectivity index (χ2v) is 7.41. The third kappa shape index (κ3) is 4.21. The van der Waals surface area contributed by atoms with Crippen molar-refractivity contribution in [1.29, 1.82) is 0 Å². The van der Waals surface area contributed by atoms with Crippen molar-refractivity contribution in [3.05, 3.63) is 5.01 Å².